The van der Waals surface area contributed by atoms with Crippen LogP contribution in [0.4, 0.5) is 4.79 Å². The van der Waals surface area contributed by atoms with Crippen molar-refractivity contribution < 1.29 is 24.2 Å². The SMILES string of the molecule is CC1(C(=O)O)CC(=O)CCN1C(=O)OCc1ccccc1. The first-order valence-corrected chi connectivity index (χ1v) is 6.67. The molecule has 0 radical (unpaired) electrons. The Hall–Kier alpha value is -2.37. The summed E-state index contributed by atoms with van der Waals surface area (Å²) in [5.41, 5.74) is -0.723. The van der Waals surface area contributed by atoms with Gasteiger partial charge in [0, 0.05) is 19.4 Å². The number of Topliss-reactive ketones (excluding diaryl/α,β-unsaturated/α-hetero) is 1. The molecule has 1 saturated heterocycles. The normalized spacial score (nSPS) is 22.0. The summed E-state index contributed by atoms with van der Waals surface area (Å²) >= 11 is 0. The van der Waals surface area contributed by atoms with Crippen LogP contribution >= 0.6 is 0 Å². The Labute approximate surface area is 122 Å². The van der Waals surface area contributed by atoms with Crippen molar-refractivity contribution in [2.75, 3.05) is 6.54 Å². The molecular formula is C15H17NO5. The number of ketones is 1. The Bertz CT molecular complexity index is 556. The maximum Gasteiger partial charge on any atom is 0.411 e. The number of amides is 1. The van der Waals surface area contributed by atoms with Gasteiger partial charge in [-0.15, -0.1) is 0 Å². The summed E-state index contributed by atoms with van der Waals surface area (Å²) in [5, 5.41) is 9.32. The minimum atomic E-state index is -1.54. The van der Waals surface area contributed by atoms with Crippen LogP contribution in [0, 0.1) is 0 Å². The molecule has 1 aromatic rings. The molecule has 0 bridgehead atoms. The van der Waals surface area contributed by atoms with Gasteiger partial charge in [-0.25, -0.2) is 9.59 Å². The van der Waals surface area contributed by atoms with E-state index in [-0.39, 0.29) is 31.8 Å². The minimum Gasteiger partial charge on any atom is -0.479 e. The third-order valence-electron chi connectivity index (χ3n) is 3.64. The highest BCUT2D eigenvalue weighted by Gasteiger charge is 2.47. The molecule has 21 heavy (non-hydrogen) atoms. The first-order chi connectivity index (χ1) is 9.93. The molecule has 1 amide bonds. The van der Waals surface area contributed by atoms with Crippen LogP contribution in [0.2, 0.25) is 0 Å². The number of benzene rings is 1. The van der Waals surface area contributed by atoms with Gasteiger partial charge in [0.15, 0.2) is 0 Å². The van der Waals surface area contributed by atoms with E-state index in [1.807, 2.05) is 30.3 Å². The van der Waals surface area contributed by atoms with Crippen LogP contribution in [0.1, 0.15) is 25.3 Å². The number of aliphatic carboxylic acids is 1. The molecule has 1 aliphatic rings. The third-order valence-corrected chi connectivity index (χ3v) is 3.64. The number of carbonyl (C=O) groups excluding carboxylic acids is 2. The van der Waals surface area contributed by atoms with Gasteiger partial charge >= 0.3 is 12.1 Å². The van der Waals surface area contributed by atoms with Crippen LogP contribution in [-0.2, 0) is 20.9 Å². The number of hydrogen-bond acceptors (Lipinski definition) is 4. The summed E-state index contributed by atoms with van der Waals surface area (Å²) in [6, 6.07) is 9.12. The summed E-state index contributed by atoms with van der Waals surface area (Å²) < 4.78 is 5.16. The fourth-order valence-corrected chi connectivity index (χ4v) is 2.33. The van der Waals surface area contributed by atoms with Gasteiger partial charge in [0.2, 0.25) is 0 Å². The highest BCUT2D eigenvalue weighted by atomic mass is 16.6. The lowest BCUT2D eigenvalue weighted by molar-refractivity contribution is -0.154. The van der Waals surface area contributed by atoms with Crippen LogP contribution in [0.3, 0.4) is 0 Å². The number of rotatable bonds is 3. The molecule has 1 N–H and O–H groups in total. The number of hydrogen-bond donors (Lipinski definition) is 1. The quantitative estimate of drug-likeness (QED) is 0.918. The van der Waals surface area contributed by atoms with Gasteiger partial charge in [-0.05, 0) is 12.5 Å². The molecule has 2 rings (SSSR count). The number of ether oxygens (including phenoxy) is 1. The number of likely N-dealkylation sites (tertiary alicyclic amines) is 1. The third kappa shape index (κ3) is 3.21. The maximum absolute atomic E-state index is 12.1. The average molecular weight is 291 g/mol. The highest BCUT2D eigenvalue weighted by molar-refractivity contribution is 5.93. The second-order valence-corrected chi connectivity index (χ2v) is 5.24. The van der Waals surface area contributed by atoms with Crippen molar-refractivity contribution in [2.45, 2.75) is 31.9 Å². The summed E-state index contributed by atoms with van der Waals surface area (Å²) in [5.74, 6) is -1.36. The topological polar surface area (TPSA) is 83.9 Å². The fourth-order valence-electron chi connectivity index (χ4n) is 2.33. The van der Waals surface area contributed by atoms with E-state index >= 15 is 0 Å². The zero-order valence-corrected chi connectivity index (χ0v) is 11.7. The first kappa shape index (κ1) is 15.0. The number of piperidine rings is 1. The monoisotopic (exact) mass is 291 g/mol. The average Bonchev–Trinajstić information content (AvgIpc) is 2.45. The molecule has 1 aromatic carbocycles. The summed E-state index contributed by atoms with van der Waals surface area (Å²) in [4.78, 5) is 36.1. The summed E-state index contributed by atoms with van der Waals surface area (Å²) in [6.07, 6.45) is -0.747. The number of carboxylic acids is 1. The Balaban J connectivity index is 2.06. The highest BCUT2D eigenvalue weighted by Crippen LogP contribution is 2.27. The van der Waals surface area contributed by atoms with Crippen molar-refractivity contribution in [1.29, 1.82) is 0 Å². The molecule has 1 atom stereocenters. The molecule has 6 heteroatoms. The molecular weight excluding hydrogens is 274 g/mol. The Morgan fingerprint density at radius 1 is 1.33 bits per heavy atom. The van der Waals surface area contributed by atoms with E-state index in [4.69, 9.17) is 4.74 Å². The Morgan fingerprint density at radius 3 is 2.62 bits per heavy atom. The van der Waals surface area contributed by atoms with Crippen molar-refractivity contribution in [3.8, 4) is 0 Å². The predicted octanol–water partition coefficient (Wildman–Crippen LogP) is 1.83. The lowest BCUT2D eigenvalue weighted by Crippen LogP contribution is -2.59. The molecule has 0 aliphatic carbocycles. The van der Waals surface area contributed by atoms with Gasteiger partial charge in [0.25, 0.3) is 0 Å². The number of carboxylic acid groups (broad SMARTS) is 1. The molecule has 1 unspecified atom stereocenters. The standard InChI is InChI=1S/C15H17NO5/c1-15(13(18)19)9-12(17)7-8-16(15)14(20)21-10-11-5-3-2-4-6-11/h2-6H,7-10H2,1H3,(H,18,19). The van der Waals surface area contributed by atoms with Crippen molar-refractivity contribution in [2.24, 2.45) is 0 Å². The van der Waals surface area contributed by atoms with Crippen molar-refractivity contribution >= 4 is 17.8 Å². The zero-order chi connectivity index (χ0) is 15.5. The van der Waals surface area contributed by atoms with Crippen molar-refractivity contribution in [3.05, 3.63) is 35.9 Å². The van der Waals surface area contributed by atoms with Gasteiger partial charge in [-0.1, -0.05) is 30.3 Å². The largest absolute Gasteiger partial charge is 0.479 e. The molecule has 0 spiro atoms. The minimum absolute atomic E-state index is 0.0647. The maximum atomic E-state index is 12.1. The number of carbonyl (C=O) groups is 3. The molecule has 1 heterocycles. The fraction of sp³-hybridized carbons (Fsp3) is 0.400. The van der Waals surface area contributed by atoms with E-state index in [0.29, 0.717) is 0 Å². The second kappa shape index (κ2) is 5.95. The van der Waals surface area contributed by atoms with E-state index in [2.05, 4.69) is 0 Å². The molecule has 0 saturated carbocycles. The molecule has 0 aromatic heterocycles. The van der Waals surface area contributed by atoms with Gasteiger partial charge < -0.3 is 9.84 Å². The van der Waals surface area contributed by atoms with Crippen LogP contribution in [0.5, 0.6) is 0 Å². The Morgan fingerprint density at radius 2 is 2.00 bits per heavy atom. The zero-order valence-electron chi connectivity index (χ0n) is 11.7. The summed E-state index contributed by atoms with van der Waals surface area (Å²) in [6.45, 7) is 1.51. The van der Waals surface area contributed by atoms with Crippen LogP contribution in [-0.4, -0.2) is 39.9 Å². The smallest absolute Gasteiger partial charge is 0.411 e. The summed E-state index contributed by atoms with van der Waals surface area (Å²) in [7, 11) is 0. The van der Waals surface area contributed by atoms with Gasteiger partial charge in [-0.2, -0.15) is 0 Å². The van der Waals surface area contributed by atoms with Crippen LogP contribution < -0.4 is 0 Å². The predicted molar refractivity (Wildman–Crippen MR) is 73.6 cm³/mol. The van der Waals surface area contributed by atoms with Crippen LogP contribution in [0.25, 0.3) is 0 Å². The van der Waals surface area contributed by atoms with Gasteiger partial charge in [-0.3, -0.25) is 9.69 Å². The molecule has 1 aliphatic heterocycles. The first-order valence-electron chi connectivity index (χ1n) is 6.67. The van der Waals surface area contributed by atoms with E-state index in [1.165, 1.54) is 6.92 Å². The van der Waals surface area contributed by atoms with E-state index in [9.17, 15) is 19.5 Å². The van der Waals surface area contributed by atoms with E-state index in [1.54, 1.807) is 0 Å². The lowest BCUT2D eigenvalue weighted by atomic mass is 9.88. The number of nitrogens with zero attached hydrogens (tertiary/aromatic N) is 1. The van der Waals surface area contributed by atoms with E-state index in [0.717, 1.165) is 10.5 Å². The van der Waals surface area contributed by atoms with Crippen molar-refractivity contribution in [1.82, 2.24) is 4.90 Å². The van der Waals surface area contributed by atoms with Gasteiger partial charge in [0.1, 0.15) is 17.9 Å². The Kier molecular flexibility index (Phi) is 4.26. The van der Waals surface area contributed by atoms with Crippen LogP contribution in [0.15, 0.2) is 30.3 Å². The van der Waals surface area contributed by atoms with Crippen molar-refractivity contribution in [3.63, 3.8) is 0 Å². The van der Waals surface area contributed by atoms with Gasteiger partial charge in [0.05, 0.1) is 0 Å². The lowest BCUT2D eigenvalue weighted by Gasteiger charge is -2.39. The molecule has 112 valence electrons. The molecule has 1 fully saturated rings. The van der Waals surface area contributed by atoms with E-state index < -0.39 is 17.6 Å². The second-order valence-electron chi connectivity index (χ2n) is 5.24. The molecule has 6 nitrogen and oxygen atoms in total.